The van der Waals surface area contributed by atoms with E-state index in [1.165, 1.54) is 16.2 Å². The van der Waals surface area contributed by atoms with E-state index in [0.717, 1.165) is 16.1 Å². The lowest BCUT2D eigenvalue weighted by atomic mass is 9.85. The fourth-order valence-electron chi connectivity index (χ4n) is 4.45. The SMILES string of the molecule is CC.Cc1ncsc1-c1ccc(CNC(=O)C2CCCN2C(=O)[C@@H](NC(=O)C2(F)CC2)C(C)(C)C)c(O)c1. The molecule has 1 aliphatic carbocycles. The second-order valence-corrected chi connectivity index (χ2v) is 11.6. The number of carbonyl (C=O) groups is 3. The van der Waals surface area contributed by atoms with Crippen molar-refractivity contribution in [3.63, 3.8) is 0 Å². The summed E-state index contributed by atoms with van der Waals surface area (Å²) in [5.74, 6) is -1.41. The number of aromatic hydroxyl groups is 1. The Labute approximate surface area is 228 Å². The maximum absolute atomic E-state index is 14.3. The van der Waals surface area contributed by atoms with Crippen LogP contribution in [0.15, 0.2) is 23.7 Å². The number of hydrogen-bond acceptors (Lipinski definition) is 6. The van der Waals surface area contributed by atoms with Crippen LogP contribution in [0.3, 0.4) is 0 Å². The number of phenolic OH excluding ortho intramolecular Hbond substituents is 1. The minimum absolute atomic E-state index is 0.0655. The van der Waals surface area contributed by atoms with Crippen molar-refractivity contribution in [3.05, 3.63) is 35.0 Å². The molecule has 2 heterocycles. The molecule has 3 amide bonds. The molecule has 1 saturated carbocycles. The number of halogens is 1. The van der Waals surface area contributed by atoms with Crippen LogP contribution >= 0.6 is 11.3 Å². The van der Waals surface area contributed by atoms with Gasteiger partial charge in [-0.05, 0) is 49.7 Å². The molecule has 1 aromatic heterocycles. The van der Waals surface area contributed by atoms with Crippen LogP contribution in [0.4, 0.5) is 4.39 Å². The van der Waals surface area contributed by atoms with Gasteiger partial charge >= 0.3 is 0 Å². The van der Waals surface area contributed by atoms with Gasteiger partial charge in [-0.1, -0.05) is 46.8 Å². The first kappa shape index (κ1) is 29.5. The van der Waals surface area contributed by atoms with Crippen molar-refractivity contribution in [3.8, 4) is 16.2 Å². The van der Waals surface area contributed by atoms with Gasteiger partial charge < -0.3 is 20.6 Å². The average Bonchev–Trinajstić information content (AvgIpc) is 3.25. The number of aromatic nitrogens is 1. The molecule has 1 aliphatic heterocycles. The van der Waals surface area contributed by atoms with Gasteiger partial charge in [0.15, 0.2) is 5.67 Å². The van der Waals surface area contributed by atoms with Crippen molar-refractivity contribution in [1.82, 2.24) is 20.5 Å². The van der Waals surface area contributed by atoms with Crippen LogP contribution in [0.5, 0.6) is 5.75 Å². The standard InChI is InChI=1S/C26H33FN4O4S.C2H6/c1-15-20(36-14-29-15)16-7-8-17(19(32)12-16)13-28-22(33)18-6-5-11-31(18)23(34)21(25(2,3)4)30-24(35)26(27)9-10-26;1-2/h7-8,12,14,18,21,32H,5-6,9-11,13H2,1-4H3,(H,28,33)(H,30,35);1-2H3/t18?,21-;/m1./s1. The molecule has 2 aromatic rings. The van der Waals surface area contributed by atoms with Crippen molar-refractivity contribution in [2.24, 2.45) is 5.41 Å². The van der Waals surface area contributed by atoms with Crippen LogP contribution in [-0.2, 0) is 20.9 Å². The number of amides is 3. The summed E-state index contributed by atoms with van der Waals surface area (Å²) in [6.45, 7) is 11.8. The molecule has 1 unspecified atom stereocenters. The zero-order valence-corrected chi connectivity index (χ0v) is 23.9. The number of nitrogens with zero attached hydrogens (tertiary/aromatic N) is 2. The largest absolute Gasteiger partial charge is 0.508 e. The molecule has 3 N–H and O–H groups in total. The molecule has 0 spiro atoms. The highest BCUT2D eigenvalue weighted by atomic mass is 32.1. The molecule has 208 valence electrons. The fourth-order valence-corrected chi connectivity index (χ4v) is 5.25. The Hall–Kier alpha value is -3.01. The third-order valence-electron chi connectivity index (χ3n) is 6.87. The molecule has 0 bridgehead atoms. The van der Waals surface area contributed by atoms with Crippen molar-refractivity contribution in [1.29, 1.82) is 0 Å². The van der Waals surface area contributed by atoms with Crippen molar-refractivity contribution in [2.45, 2.75) is 91.5 Å². The number of aryl methyl sites for hydroxylation is 1. The zero-order valence-electron chi connectivity index (χ0n) is 23.1. The van der Waals surface area contributed by atoms with Crippen molar-refractivity contribution < 1.29 is 23.9 Å². The summed E-state index contributed by atoms with van der Waals surface area (Å²) in [6.07, 6.45) is 1.47. The molecule has 4 rings (SSSR count). The van der Waals surface area contributed by atoms with E-state index >= 15 is 0 Å². The number of benzene rings is 1. The highest BCUT2D eigenvalue weighted by molar-refractivity contribution is 7.13. The molecular weight excluding hydrogens is 507 g/mol. The Morgan fingerprint density at radius 3 is 2.50 bits per heavy atom. The Balaban J connectivity index is 0.00000195. The van der Waals surface area contributed by atoms with Crippen LogP contribution in [0, 0.1) is 12.3 Å². The first-order valence-electron chi connectivity index (χ1n) is 13.2. The molecule has 2 atom stereocenters. The topological polar surface area (TPSA) is 112 Å². The number of nitrogens with one attached hydrogen (secondary N) is 2. The Morgan fingerprint density at radius 1 is 1.26 bits per heavy atom. The maximum Gasteiger partial charge on any atom is 0.258 e. The fraction of sp³-hybridized carbons (Fsp3) is 0.571. The quantitative estimate of drug-likeness (QED) is 0.474. The molecule has 1 saturated heterocycles. The van der Waals surface area contributed by atoms with Gasteiger partial charge in [0, 0.05) is 18.7 Å². The lowest BCUT2D eigenvalue weighted by Crippen LogP contribution is -2.58. The molecule has 8 nitrogen and oxygen atoms in total. The van der Waals surface area contributed by atoms with Crippen LogP contribution in [0.25, 0.3) is 10.4 Å². The number of phenols is 1. The van der Waals surface area contributed by atoms with E-state index in [-0.39, 0.29) is 37.0 Å². The highest BCUT2D eigenvalue weighted by Crippen LogP contribution is 2.40. The van der Waals surface area contributed by atoms with Gasteiger partial charge in [-0.2, -0.15) is 0 Å². The van der Waals surface area contributed by atoms with Crippen molar-refractivity contribution >= 4 is 29.1 Å². The molecule has 2 fully saturated rings. The first-order chi connectivity index (χ1) is 17.9. The lowest BCUT2D eigenvalue weighted by molar-refractivity contribution is -0.144. The third-order valence-corrected chi connectivity index (χ3v) is 7.85. The number of thiazole rings is 1. The summed E-state index contributed by atoms with van der Waals surface area (Å²) >= 11 is 1.49. The number of alkyl halides is 1. The van der Waals surface area contributed by atoms with Gasteiger partial charge in [0.05, 0.1) is 16.1 Å². The van der Waals surface area contributed by atoms with E-state index in [2.05, 4.69) is 15.6 Å². The predicted octanol–water partition coefficient (Wildman–Crippen LogP) is 4.49. The van der Waals surface area contributed by atoms with E-state index < -0.39 is 29.1 Å². The second-order valence-electron chi connectivity index (χ2n) is 10.8. The number of likely N-dealkylation sites (tertiary alicyclic amines) is 1. The Kier molecular flexibility index (Phi) is 9.17. The Morgan fingerprint density at radius 2 is 1.95 bits per heavy atom. The van der Waals surface area contributed by atoms with Crippen LogP contribution < -0.4 is 10.6 Å². The van der Waals surface area contributed by atoms with Crippen molar-refractivity contribution in [2.75, 3.05) is 6.54 Å². The van der Waals surface area contributed by atoms with Gasteiger partial charge in [0.2, 0.25) is 11.8 Å². The molecule has 0 radical (unpaired) electrons. The first-order valence-corrected chi connectivity index (χ1v) is 14.1. The summed E-state index contributed by atoms with van der Waals surface area (Å²) in [4.78, 5) is 45.6. The van der Waals surface area contributed by atoms with Crippen LogP contribution in [0.1, 0.15) is 71.6 Å². The van der Waals surface area contributed by atoms with Gasteiger partial charge in [-0.25, -0.2) is 9.37 Å². The smallest absolute Gasteiger partial charge is 0.258 e. The van der Waals surface area contributed by atoms with Gasteiger partial charge in [0.25, 0.3) is 5.91 Å². The van der Waals surface area contributed by atoms with Gasteiger partial charge in [0.1, 0.15) is 17.8 Å². The zero-order chi connectivity index (χ0) is 28.3. The molecule has 10 heteroatoms. The molecular formula is C28H39FN4O4S. The van der Waals surface area contributed by atoms with Gasteiger partial charge in [-0.3, -0.25) is 14.4 Å². The normalized spacial score (nSPS) is 18.7. The average molecular weight is 547 g/mol. The highest BCUT2D eigenvalue weighted by Gasteiger charge is 2.53. The number of carbonyl (C=O) groups excluding carboxylic acids is 3. The van der Waals surface area contributed by atoms with E-state index in [9.17, 15) is 23.9 Å². The number of hydrogen-bond donors (Lipinski definition) is 3. The molecule has 38 heavy (non-hydrogen) atoms. The maximum atomic E-state index is 14.3. The van der Waals surface area contributed by atoms with Crippen LogP contribution in [-0.4, -0.2) is 57.0 Å². The summed E-state index contributed by atoms with van der Waals surface area (Å²) in [7, 11) is 0. The molecule has 1 aromatic carbocycles. The van der Waals surface area contributed by atoms with E-state index in [1.54, 1.807) is 38.4 Å². The van der Waals surface area contributed by atoms with E-state index in [4.69, 9.17) is 0 Å². The van der Waals surface area contributed by atoms with E-state index in [0.29, 0.717) is 24.9 Å². The monoisotopic (exact) mass is 546 g/mol. The minimum atomic E-state index is -1.89. The lowest BCUT2D eigenvalue weighted by Gasteiger charge is -2.35. The predicted molar refractivity (Wildman–Crippen MR) is 146 cm³/mol. The number of rotatable bonds is 7. The minimum Gasteiger partial charge on any atom is -0.508 e. The summed E-state index contributed by atoms with van der Waals surface area (Å²) in [5, 5.41) is 16.0. The second kappa shape index (κ2) is 11.8. The summed E-state index contributed by atoms with van der Waals surface area (Å²) in [5.41, 5.74) is 1.50. The third kappa shape index (κ3) is 6.51. The molecule has 2 aliphatic rings. The summed E-state index contributed by atoms with van der Waals surface area (Å²) in [6, 6.07) is 3.65. The van der Waals surface area contributed by atoms with Crippen LogP contribution in [0.2, 0.25) is 0 Å². The van der Waals surface area contributed by atoms with Gasteiger partial charge in [-0.15, -0.1) is 11.3 Å². The summed E-state index contributed by atoms with van der Waals surface area (Å²) < 4.78 is 14.3. The van der Waals surface area contributed by atoms with E-state index in [1.807, 2.05) is 26.8 Å². The Bertz CT molecular complexity index is 1170.